The first-order valence-corrected chi connectivity index (χ1v) is 6.70. The van der Waals surface area contributed by atoms with Crippen molar-refractivity contribution in [2.75, 3.05) is 11.9 Å². The highest BCUT2D eigenvalue weighted by Crippen LogP contribution is 2.26. The zero-order chi connectivity index (χ0) is 13.0. The molecule has 0 bridgehead atoms. The van der Waals surface area contributed by atoms with Crippen LogP contribution in [0, 0.1) is 11.3 Å². The van der Waals surface area contributed by atoms with Crippen LogP contribution >= 0.6 is 15.9 Å². The number of halogens is 1. The SMILES string of the molecule is CCOC(=O)/C(CBr)=C1\C(=N)CC(C)CC1=O. The van der Waals surface area contributed by atoms with Crippen LogP contribution in [0.25, 0.3) is 0 Å². The van der Waals surface area contributed by atoms with E-state index in [4.69, 9.17) is 10.1 Å². The van der Waals surface area contributed by atoms with E-state index in [0.717, 1.165) is 0 Å². The zero-order valence-electron chi connectivity index (χ0n) is 10.0. The van der Waals surface area contributed by atoms with Crippen LogP contribution in [0.3, 0.4) is 0 Å². The summed E-state index contributed by atoms with van der Waals surface area (Å²) in [6.07, 6.45) is 0.935. The Morgan fingerprint density at radius 1 is 1.53 bits per heavy atom. The van der Waals surface area contributed by atoms with Gasteiger partial charge >= 0.3 is 5.97 Å². The molecule has 0 heterocycles. The normalized spacial score (nSPS) is 23.6. The summed E-state index contributed by atoms with van der Waals surface area (Å²) in [6, 6.07) is 0. The lowest BCUT2D eigenvalue weighted by Crippen LogP contribution is -2.28. The highest BCUT2D eigenvalue weighted by molar-refractivity contribution is 9.09. The standard InChI is InChI=1S/C12H16BrNO3/c1-3-17-12(16)8(6-13)11-9(14)4-7(2)5-10(11)15/h7,14H,3-6H2,1-2H3/b11-8+,14-9?. The number of nitrogens with one attached hydrogen (secondary N) is 1. The van der Waals surface area contributed by atoms with E-state index in [1.54, 1.807) is 6.92 Å². The molecule has 94 valence electrons. The summed E-state index contributed by atoms with van der Waals surface area (Å²) in [6.45, 7) is 3.91. The van der Waals surface area contributed by atoms with Crippen LogP contribution in [0.4, 0.5) is 0 Å². The average molecular weight is 302 g/mol. The molecule has 0 aliphatic heterocycles. The van der Waals surface area contributed by atoms with Gasteiger partial charge in [-0.05, 0) is 19.3 Å². The Labute approximate surface area is 109 Å². The number of esters is 1. The molecule has 1 aliphatic carbocycles. The number of Topliss-reactive ketones (excluding diaryl/α,β-unsaturated/α-hetero) is 1. The molecule has 1 saturated carbocycles. The topological polar surface area (TPSA) is 67.2 Å². The molecule has 0 saturated heterocycles. The number of alkyl halides is 1. The van der Waals surface area contributed by atoms with Crippen molar-refractivity contribution in [1.82, 2.24) is 0 Å². The Kier molecular flexibility index (Phi) is 5.05. The molecule has 0 radical (unpaired) electrons. The van der Waals surface area contributed by atoms with Gasteiger partial charge in [0.25, 0.3) is 0 Å². The van der Waals surface area contributed by atoms with Crippen molar-refractivity contribution in [2.45, 2.75) is 26.7 Å². The van der Waals surface area contributed by atoms with Crippen LogP contribution in [-0.2, 0) is 14.3 Å². The average Bonchev–Trinajstić information content (AvgIpc) is 2.23. The van der Waals surface area contributed by atoms with Gasteiger partial charge in [0.1, 0.15) is 0 Å². The number of carbonyl (C=O) groups excluding carboxylic acids is 2. The van der Waals surface area contributed by atoms with Crippen molar-refractivity contribution in [2.24, 2.45) is 5.92 Å². The molecule has 1 aliphatic rings. The van der Waals surface area contributed by atoms with Gasteiger partial charge in [-0.2, -0.15) is 0 Å². The molecular formula is C12H16BrNO3. The van der Waals surface area contributed by atoms with Crippen molar-refractivity contribution >= 4 is 33.4 Å². The maximum absolute atomic E-state index is 11.9. The van der Waals surface area contributed by atoms with E-state index in [2.05, 4.69) is 15.9 Å². The van der Waals surface area contributed by atoms with Gasteiger partial charge in [-0.15, -0.1) is 0 Å². The van der Waals surface area contributed by atoms with Gasteiger partial charge in [-0.25, -0.2) is 4.79 Å². The molecule has 1 atom stereocenters. The fourth-order valence-corrected chi connectivity index (χ4v) is 2.41. The van der Waals surface area contributed by atoms with Gasteiger partial charge in [-0.1, -0.05) is 22.9 Å². The molecule has 0 aromatic rings. The quantitative estimate of drug-likeness (QED) is 0.494. The lowest BCUT2D eigenvalue weighted by molar-refractivity contribution is -0.138. The molecule has 5 heteroatoms. The van der Waals surface area contributed by atoms with Crippen molar-refractivity contribution in [1.29, 1.82) is 5.41 Å². The predicted molar refractivity (Wildman–Crippen MR) is 68.6 cm³/mol. The highest BCUT2D eigenvalue weighted by Gasteiger charge is 2.30. The maximum Gasteiger partial charge on any atom is 0.335 e. The maximum atomic E-state index is 11.9. The van der Waals surface area contributed by atoms with Crippen molar-refractivity contribution in [3.8, 4) is 0 Å². The summed E-state index contributed by atoms with van der Waals surface area (Å²) < 4.78 is 4.90. The second-order valence-electron chi connectivity index (χ2n) is 4.12. The van der Waals surface area contributed by atoms with E-state index >= 15 is 0 Å². The second kappa shape index (κ2) is 6.10. The Morgan fingerprint density at radius 2 is 2.18 bits per heavy atom. The highest BCUT2D eigenvalue weighted by atomic mass is 79.9. The largest absolute Gasteiger partial charge is 0.463 e. The Hall–Kier alpha value is -0.970. The van der Waals surface area contributed by atoms with Crippen molar-refractivity contribution in [3.63, 3.8) is 0 Å². The van der Waals surface area contributed by atoms with Crippen LogP contribution in [0.2, 0.25) is 0 Å². The van der Waals surface area contributed by atoms with Crippen LogP contribution in [0.1, 0.15) is 26.7 Å². The Morgan fingerprint density at radius 3 is 2.65 bits per heavy atom. The van der Waals surface area contributed by atoms with Crippen LogP contribution in [0.15, 0.2) is 11.1 Å². The Bertz CT molecular complexity index is 367. The minimum absolute atomic E-state index is 0.128. The van der Waals surface area contributed by atoms with E-state index in [1.807, 2.05) is 6.92 Å². The minimum Gasteiger partial charge on any atom is -0.463 e. The van der Waals surface area contributed by atoms with Gasteiger partial charge in [0.15, 0.2) is 5.78 Å². The summed E-state index contributed by atoms with van der Waals surface area (Å²) in [7, 11) is 0. The molecule has 1 rings (SSSR count). The molecule has 4 nitrogen and oxygen atoms in total. The summed E-state index contributed by atoms with van der Waals surface area (Å²) in [5, 5.41) is 8.10. The molecule has 0 aromatic carbocycles. The molecule has 17 heavy (non-hydrogen) atoms. The fourth-order valence-electron chi connectivity index (χ4n) is 1.90. The van der Waals surface area contributed by atoms with Crippen LogP contribution < -0.4 is 0 Å². The second-order valence-corrected chi connectivity index (χ2v) is 4.68. The number of carbonyl (C=O) groups is 2. The third-order valence-electron chi connectivity index (χ3n) is 2.62. The summed E-state index contributed by atoms with van der Waals surface area (Å²) in [5.41, 5.74) is 0.767. The monoisotopic (exact) mass is 301 g/mol. The molecule has 0 amide bonds. The summed E-state index contributed by atoms with van der Waals surface area (Å²) in [5.74, 6) is -0.458. The van der Waals surface area contributed by atoms with Gasteiger partial charge in [0.05, 0.1) is 12.2 Å². The first kappa shape index (κ1) is 14.1. The first-order chi connectivity index (χ1) is 8.01. The van der Waals surface area contributed by atoms with E-state index in [-0.39, 0.29) is 40.5 Å². The van der Waals surface area contributed by atoms with Crippen molar-refractivity contribution in [3.05, 3.63) is 11.1 Å². The molecular weight excluding hydrogens is 286 g/mol. The lowest BCUT2D eigenvalue weighted by atomic mass is 9.82. The van der Waals surface area contributed by atoms with Gasteiger partial charge in [-0.3, -0.25) is 4.79 Å². The van der Waals surface area contributed by atoms with Gasteiger partial charge < -0.3 is 10.1 Å². The molecule has 0 aromatic heterocycles. The molecule has 0 spiro atoms. The summed E-state index contributed by atoms with van der Waals surface area (Å²) in [4.78, 5) is 23.6. The molecule has 1 N–H and O–H groups in total. The number of ether oxygens (including phenoxy) is 1. The predicted octanol–water partition coefficient (Wildman–Crippen LogP) is 2.26. The number of ketones is 1. The summed E-state index contributed by atoms with van der Waals surface area (Å²) >= 11 is 3.18. The van der Waals surface area contributed by atoms with E-state index in [0.29, 0.717) is 12.8 Å². The number of hydrogen-bond donors (Lipinski definition) is 1. The van der Waals surface area contributed by atoms with E-state index in [9.17, 15) is 9.59 Å². The van der Waals surface area contributed by atoms with Crippen LogP contribution in [-0.4, -0.2) is 29.4 Å². The fraction of sp³-hybridized carbons (Fsp3) is 0.583. The number of rotatable bonds is 3. The third-order valence-corrected chi connectivity index (χ3v) is 3.19. The van der Waals surface area contributed by atoms with Gasteiger partial charge in [0, 0.05) is 23.0 Å². The Balaban J connectivity index is 3.10. The van der Waals surface area contributed by atoms with E-state index < -0.39 is 5.97 Å². The molecule has 1 unspecified atom stereocenters. The third kappa shape index (κ3) is 3.25. The number of hydrogen-bond acceptors (Lipinski definition) is 4. The van der Waals surface area contributed by atoms with E-state index in [1.165, 1.54) is 0 Å². The number of allylic oxidation sites excluding steroid dienone is 1. The van der Waals surface area contributed by atoms with Crippen molar-refractivity contribution < 1.29 is 14.3 Å². The lowest BCUT2D eigenvalue weighted by Gasteiger charge is -2.22. The molecule has 1 fully saturated rings. The first-order valence-electron chi connectivity index (χ1n) is 5.58. The van der Waals surface area contributed by atoms with Gasteiger partial charge in [0.2, 0.25) is 0 Å². The smallest absolute Gasteiger partial charge is 0.335 e. The minimum atomic E-state index is -0.507. The zero-order valence-corrected chi connectivity index (χ0v) is 11.6. The van der Waals surface area contributed by atoms with Crippen LogP contribution in [0.5, 0.6) is 0 Å².